The second-order valence-electron chi connectivity index (χ2n) is 2.95. The van der Waals surface area contributed by atoms with Crippen molar-refractivity contribution in [2.24, 2.45) is 0 Å². The van der Waals surface area contributed by atoms with Crippen LogP contribution < -0.4 is 4.90 Å². The maximum absolute atomic E-state index is 8.93. The van der Waals surface area contributed by atoms with Crippen LogP contribution in [0.1, 0.15) is 19.4 Å². The van der Waals surface area contributed by atoms with Gasteiger partial charge in [0.15, 0.2) is 0 Å². The molecule has 3 heteroatoms. The minimum Gasteiger partial charge on any atom is -0.371 e. The zero-order chi connectivity index (χ0) is 10.6. The second-order valence-corrected chi connectivity index (χ2v) is 3.38. The van der Waals surface area contributed by atoms with E-state index >= 15 is 0 Å². The molecule has 0 aliphatic rings. The third kappa shape index (κ3) is 2.18. The molecule has 1 aromatic carbocycles. The van der Waals surface area contributed by atoms with Gasteiger partial charge in [0, 0.05) is 18.1 Å². The molecule has 0 radical (unpaired) electrons. The summed E-state index contributed by atoms with van der Waals surface area (Å²) in [6.07, 6.45) is 0. The van der Waals surface area contributed by atoms with Crippen molar-refractivity contribution < 1.29 is 0 Å². The molecule has 0 aliphatic heterocycles. The van der Waals surface area contributed by atoms with Crippen molar-refractivity contribution in [2.45, 2.75) is 13.8 Å². The van der Waals surface area contributed by atoms with Gasteiger partial charge in [-0.15, -0.1) is 0 Å². The van der Waals surface area contributed by atoms with Gasteiger partial charge < -0.3 is 4.90 Å². The van der Waals surface area contributed by atoms with Crippen LogP contribution in [-0.4, -0.2) is 13.1 Å². The van der Waals surface area contributed by atoms with Crippen molar-refractivity contribution in [3.8, 4) is 6.07 Å². The first-order valence-corrected chi connectivity index (χ1v) is 5.05. The van der Waals surface area contributed by atoms with Crippen LogP contribution in [0.4, 0.5) is 5.69 Å². The Labute approximate surface area is 89.7 Å². The summed E-state index contributed by atoms with van der Waals surface area (Å²) >= 11 is 5.90. The second kappa shape index (κ2) is 4.88. The Balaban J connectivity index is 3.16. The van der Waals surface area contributed by atoms with E-state index in [1.54, 1.807) is 12.1 Å². The van der Waals surface area contributed by atoms with Gasteiger partial charge in [0.2, 0.25) is 0 Å². The predicted molar refractivity (Wildman–Crippen MR) is 59.7 cm³/mol. The molecule has 14 heavy (non-hydrogen) atoms. The highest BCUT2D eigenvalue weighted by Crippen LogP contribution is 2.23. The third-order valence-electron chi connectivity index (χ3n) is 2.18. The average Bonchev–Trinajstić information content (AvgIpc) is 2.20. The number of hydrogen-bond acceptors (Lipinski definition) is 2. The first-order valence-electron chi connectivity index (χ1n) is 4.67. The molecule has 2 nitrogen and oxygen atoms in total. The van der Waals surface area contributed by atoms with Crippen LogP contribution in [0, 0.1) is 11.3 Å². The van der Waals surface area contributed by atoms with Gasteiger partial charge in [0.1, 0.15) is 6.07 Å². The molecule has 0 aliphatic carbocycles. The lowest BCUT2D eigenvalue weighted by Gasteiger charge is -2.22. The Morgan fingerprint density at radius 2 is 2.00 bits per heavy atom. The number of anilines is 1. The lowest BCUT2D eigenvalue weighted by Crippen LogP contribution is -2.22. The third-order valence-corrected chi connectivity index (χ3v) is 2.42. The Hall–Kier alpha value is -1.20. The molecule has 0 amide bonds. The summed E-state index contributed by atoms with van der Waals surface area (Å²) < 4.78 is 0. The van der Waals surface area contributed by atoms with Crippen molar-refractivity contribution >= 4 is 17.3 Å². The highest BCUT2D eigenvalue weighted by atomic mass is 35.5. The molecule has 74 valence electrons. The van der Waals surface area contributed by atoms with Crippen molar-refractivity contribution in [2.75, 3.05) is 18.0 Å². The fourth-order valence-corrected chi connectivity index (χ4v) is 1.59. The van der Waals surface area contributed by atoms with Gasteiger partial charge in [-0.3, -0.25) is 0 Å². The summed E-state index contributed by atoms with van der Waals surface area (Å²) in [6.45, 7) is 5.88. The van der Waals surface area contributed by atoms with E-state index in [1.165, 1.54) is 0 Å². The van der Waals surface area contributed by atoms with E-state index in [0.29, 0.717) is 10.6 Å². The predicted octanol–water partition coefficient (Wildman–Crippen LogP) is 3.06. The molecule has 0 atom stereocenters. The SMILES string of the molecule is CCN(CC)c1cc(Cl)ccc1C#N. The molecule has 0 unspecified atom stereocenters. The normalized spacial score (nSPS) is 9.57. The quantitative estimate of drug-likeness (QED) is 0.764. The van der Waals surface area contributed by atoms with Gasteiger partial charge in [-0.25, -0.2) is 0 Å². The van der Waals surface area contributed by atoms with Crippen LogP contribution in [0.5, 0.6) is 0 Å². The molecule has 0 heterocycles. The van der Waals surface area contributed by atoms with Crippen LogP contribution in [0.25, 0.3) is 0 Å². The summed E-state index contributed by atoms with van der Waals surface area (Å²) in [5.41, 5.74) is 1.60. The number of hydrogen-bond donors (Lipinski definition) is 0. The fraction of sp³-hybridized carbons (Fsp3) is 0.364. The van der Waals surface area contributed by atoms with Crippen molar-refractivity contribution in [1.29, 1.82) is 5.26 Å². The molecule has 1 aromatic rings. The highest BCUT2D eigenvalue weighted by Gasteiger charge is 2.08. The standard InChI is InChI=1S/C11H13ClN2/c1-3-14(4-2)11-7-10(12)6-5-9(11)8-13/h5-7H,3-4H2,1-2H3. The smallest absolute Gasteiger partial charge is 0.101 e. The van der Waals surface area contributed by atoms with Crippen LogP contribution in [-0.2, 0) is 0 Å². The van der Waals surface area contributed by atoms with E-state index in [9.17, 15) is 0 Å². The molecule has 0 aromatic heterocycles. The molecule has 0 bridgehead atoms. The zero-order valence-corrected chi connectivity index (χ0v) is 9.17. The zero-order valence-electron chi connectivity index (χ0n) is 8.42. The van der Waals surface area contributed by atoms with Crippen molar-refractivity contribution in [3.63, 3.8) is 0 Å². The number of benzene rings is 1. The Kier molecular flexibility index (Phi) is 3.79. The summed E-state index contributed by atoms with van der Waals surface area (Å²) in [5, 5.41) is 9.60. The van der Waals surface area contributed by atoms with Gasteiger partial charge >= 0.3 is 0 Å². The van der Waals surface area contributed by atoms with Crippen molar-refractivity contribution in [1.82, 2.24) is 0 Å². The summed E-state index contributed by atoms with van der Waals surface area (Å²) in [6, 6.07) is 7.52. The van der Waals surface area contributed by atoms with Crippen LogP contribution in [0.15, 0.2) is 18.2 Å². The molecule has 0 saturated heterocycles. The first kappa shape index (κ1) is 10.9. The molecular formula is C11H13ClN2. The topological polar surface area (TPSA) is 27.0 Å². The number of halogens is 1. The molecule has 0 spiro atoms. The van der Waals surface area contributed by atoms with E-state index in [2.05, 4.69) is 24.8 Å². The first-order chi connectivity index (χ1) is 6.72. The van der Waals surface area contributed by atoms with Crippen molar-refractivity contribution in [3.05, 3.63) is 28.8 Å². The molecule has 1 rings (SSSR count). The van der Waals surface area contributed by atoms with Crippen LogP contribution in [0.3, 0.4) is 0 Å². The van der Waals surface area contributed by atoms with Crippen LogP contribution in [0.2, 0.25) is 5.02 Å². The number of nitrogens with zero attached hydrogens (tertiary/aromatic N) is 2. The lowest BCUT2D eigenvalue weighted by molar-refractivity contribution is 0.864. The summed E-state index contributed by atoms with van der Waals surface area (Å²) in [7, 11) is 0. The van der Waals surface area contributed by atoms with Gasteiger partial charge in [-0.2, -0.15) is 5.26 Å². The minimum atomic E-state index is 0.672. The van der Waals surface area contributed by atoms with Gasteiger partial charge in [0.05, 0.1) is 11.3 Å². The maximum Gasteiger partial charge on any atom is 0.101 e. The summed E-state index contributed by atoms with van der Waals surface area (Å²) in [5.74, 6) is 0. The maximum atomic E-state index is 8.93. The lowest BCUT2D eigenvalue weighted by atomic mass is 10.1. The van der Waals surface area contributed by atoms with E-state index < -0.39 is 0 Å². The molecule has 0 N–H and O–H groups in total. The van der Waals surface area contributed by atoms with Gasteiger partial charge in [0.25, 0.3) is 0 Å². The molecule has 0 fully saturated rings. The Bertz CT molecular complexity index is 351. The van der Waals surface area contributed by atoms with E-state index in [0.717, 1.165) is 18.8 Å². The Morgan fingerprint density at radius 3 is 2.50 bits per heavy atom. The monoisotopic (exact) mass is 208 g/mol. The largest absolute Gasteiger partial charge is 0.371 e. The van der Waals surface area contributed by atoms with E-state index in [4.69, 9.17) is 16.9 Å². The van der Waals surface area contributed by atoms with E-state index in [1.807, 2.05) is 6.07 Å². The van der Waals surface area contributed by atoms with Gasteiger partial charge in [-0.05, 0) is 32.0 Å². The van der Waals surface area contributed by atoms with E-state index in [-0.39, 0.29) is 0 Å². The average molecular weight is 209 g/mol. The number of rotatable bonds is 3. The minimum absolute atomic E-state index is 0.672. The number of nitriles is 1. The molecular weight excluding hydrogens is 196 g/mol. The molecule has 0 saturated carbocycles. The Morgan fingerprint density at radius 1 is 1.36 bits per heavy atom. The fourth-order valence-electron chi connectivity index (χ4n) is 1.43. The van der Waals surface area contributed by atoms with Crippen LogP contribution >= 0.6 is 11.6 Å². The van der Waals surface area contributed by atoms with Gasteiger partial charge in [-0.1, -0.05) is 11.6 Å². The summed E-state index contributed by atoms with van der Waals surface area (Å²) in [4.78, 5) is 2.12. The highest BCUT2D eigenvalue weighted by molar-refractivity contribution is 6.30.